The van der Waals surface area contributed by atoms with Crippen LogP contribution in [-0.2, 0) is 28.6 Å². The molecule has 0 radical (unpaired) electrons. The van der Waals surface area contributed by atoms with Crippen molar-refractivity contribution in [2.75, 3.05) is 26.8 Å². The molecule has 0 spiro atoms. The lowest BCUT2D eigenvalue weighted by molar-refractivity contribution is -0.182. The third-order valence-corrected chi connectivity index (χ3v) is 6.58. The second kappa shape index (κ2) is 10.3. The third kappa shape index (κ3) is 5.14. The number of aliphatic hydroxyl groups excluding tert-OH is 1. The average Bonchev–Trinajstić information content (AvgIpc) is 3.33. The number of nitrogens with zero attached hydrogens (tertiary/aromatic N) is 1. The molecule has 2 heterocycles. The van der Waals surface area contributed by atoms with Gasteiger partial charge in [0.2, 0.25) is 0 Å². The summed E-state index contributed by atoms with van der Waals surface area (Å²) in [4.78, 5) is 39.0. The standard InChI is InChI=1S/C22H35NO9/c1-6-21(28,14(4)24)19(26)31-12-15-7-9-23-10-8-16(18(15)23)32-20(27)22(29,13(2)3)11-17(25)30-5/h7,13-14,16,18,24,28-29H,6,8-12H2,1-5H3. The zero-order chi connectivity index (χ0) is 24.3. The molecule has 2 rings (SSSR count). The first kappa shape index (κ1) is 26.2. The fourth-order valence-corrected chi connectivity index (χ4v) is 4.05. The van der Waals surface area contributed by atoms with Gasteiger partial charge in [0.15, 0.2) is 11.2 Å². The zero-order valence-corrected chi connectivity index (χ0v) is 19.4. The van der Waals surface area contributed by atoms with Crippen LogP contribution in [0.1, 0.15) is 47.0 Å². The molecule has 2 aliphatic heterocycles. The van der Waals surface area contributed by atoms with E-state index < -0.39 is 53.7 Å². The molecule has 2 aliphatic rings. The van der Waals surface area contributed by atoms with Crippen molar-refractivity contribution in [2.45, 2.75) is 76.4 Å². The van der Waals surface area contributed by atoms with Crippen LogP contribution in [0, 0.1) is 5.92 Å². The number of hydrogen-bond donors (Lipinski definition) is 3. The summed E-state index contributed by atoms with van der Waals surface area (Å²) in [5.41, 5.74) is -3.31. The smallest absolute Gasteiger partial charge is 0.341 e. The van der Waals surface area contributed by atoms with Gasteiger partial charge in [0, 0.05) is 13.1 Å². The number of aliphatic hydroxyl groups is 3. The Kier molecular flexibility index (Phi) is 8.44. The maximum Gasteiger partial charge on any atom is 0.341 e. The maximum atomic E-state index is 12.9. The second-order valence-electron chi connectivity index (χ2n) is 8.81. The van der Waals surface area contributed by atoms with Crippen LogP contribution in [-0.4, -0.2) is 94.4 Å². The average molecular weight is 458 g/mol. The van der Waals surface area contributed by atoms with E-state index in [9.17, 15) is 29.7 Å². The second-order valence-corrected chi connectivity index (χ2v) is 8.81. The molecule has 3 N–H and O–H groups in total. The molecule has 10 nitrogen and oxygen atoms in total. The van der Waals surface area contributed by atoms with Crippen molar-refractivity contribution in [3.05, 3.63) is 11.6 Å². The first-order valence-corrected chi connectivity index (χ1v) is 10.9. The molecule has 5 unspecified atom stereocenters. The van der Waals surface area contributed by atoms with Crippen molar-refractivity contribution in [2.24, 2.45) is 5.92 Å². The Morgan fingerprint density at radius 2 is 1.84 bits per heavy atom. The van der Waals surface area contributed by atoms with Crippen molar-refractivity contribution >= 4 is 17.9 Å². The molecule has 0 aromatic carbocycles. The predicted molar refractivity (Wildman–Crippen MR) is 112 cm³/mol. The minimum absolute atomic E-state index is 0.00762. The highest BCUT2D eigenvalue weighted by Gasteiger charge is 2.48. The van der Waals surface area contributed by atoms with Crippen LogP contribution in [0.25, 0.3) is 0 Å². The Morgan fingerprint density at radius 1 is 1.19 bits per heavy atom. The monoisotopic (exact) mass is 457 g/mol. The summed E-state index contributed by atoms with van der Waals surface area (Å²) < 4.78 is 15.5. The summed E-state index contributed by atoms with van der Waals surface area (Å²) in [6.45, 7) is 7.21. The SMILES string of the molecule is CCC(O)(C(=O)OCC1=CCN2CCC(OC(=O)C(O)(CC(=O)OC)C(C)C)C12)C(C)O. The summed E-state index contributed by atoms with van der Waals surface area (Å²) in [5, 5.41) is 30.9. The normalized spacial score (nSPS) is 25.3. The van der Waals surface area contributed by atoms with Crippen LogP contribution < -0.4 is 0 Å². The largest absolute Gasteiger partial charge is 0.469 e. The number of fused-ring (bicyclic) bond motifs is 1. The van der Waals surface area contributed by atoms with E-state index in [0.717, 1.165) is 0 Å². The fraction of sp³-hybridized carbons (Fsp3) is 0.773. The first-order chi connectivity index (χ1) is 14.9. The Hall–Kier alpha value is -2.01. The number of esters is 3. The highest BCUT2D eigenvalue weighted by atomic mass is 16.6. The fourth-order valence-electron chi connectivity index (χ4n) is 4.05. The van der Waals surface area contributed by atoms with E-state index in [1.54, 1.807) is 20.8 Å². The first-order valence-electron chi connectivity index (χ1n) is 10.9. The predicted octanol–water partition coefficient (Wildman–Crippen LogP) is -0.0722. The van der Waals surface area contributed by atoms with E-state index in [1.165, 1.54) is 14.0 Å². The van der Waals surface area contributed by atoms with Crippen molar-refractivity contribution in [3.8, 4) is 0 Å². The lowest BCUT2D eigenvalue weighted by Crippen LogP contribution is -2.50. The van der Waals surface area contributed by atoms with E-state index in [2.05, 4.69) is 9.64 Å². The van der Waals surface area contributed by atoms with E-state index in [1.807, 2.05) is 6.08 Å². The van der Waals surface area contributed by atoms with Crippen LogP contribution in [0.5, 0.6) is 0 Å². The van der Waals surface area contributed by atoms with Gasteiger partial charge in [-0.25, -0.2) is 9.59 Å². The van der Waals surface area contributed by atoms with Crippen LogP contribution >= 0.6 is 0 Å². The summed E-state index contributed by atoms with van der Waals surface area (Å²) in [6, 6.07) is -0.345. The molecule has 0 bridgehead atoms. The Balaban J connectivity index is 2.08. The Bertz CT molecular complexity index is 750. The number of carbonyl (C=O) groups is 3. The van der Waals surface area contributed by atoms with Crippen LogP contribution in [0.15, 0.2) is 11.6 Å². The van der Waals surface area contributed by atoms with Gasteiger partial charge in [0.05, 0.1) is 25.7 Å². The minimum Gasteiger partial charge on any atom is -0.469 e. The quantitative estimate of drug-likeness (QED) is 0.232. The molecule has 5 atom stereocenters. The molecule has 0 aromatic rings. The van der Waals surface area contributed by atoms with Gasteiger partial charge in [-0.2, -0.15) is 0 Å². The van der Waals surface area contributed by atoms with Gasteiger partial charge in [-0.3, -0.25) is 9.69 Å². The van der Waals surface area contributed by atoms with Crippen LogP contribution in [0.3, 0.4) is 0 Å². The lowest BCUT2D eigenvalue weighted by Gasteiger charge is -2.32. The summed E-state index contributed by atoms with van der Waals surface area (Å²) in [6.07, 6.45) is -0.0324. The minimum atomic E-state index is -2.02. The van der Waals surface area contributed by atoms with Crippen molar-refractivity contribution < 1.29 is 43.9 Å². The van der Waals surface area contributed by atoms with Crippen LogP contribution in [0.4, 0.5) is 0 Å². The van der Waals surface area contributed by atoms with Gasteiger partial charge in [-0.05, 0) is 31.3 Å². The Labute approximate surface area is 188 Å². The summed E-state index contributed by atoms with van der Waals surface area (Å²) >= 11 is 0. The lowest BCUT2D eigenvalue weighted by atomic mass is 9.87. The molecule has 1 fully saturated rings. The van der Waals surface area contributed by atoms with Crippen molar-refractivity contribution in [3.63, 3.8) is 0 Å². The van der Waals surface area contributed by atoms with Gasteiger partial charge in [0.25, 0.3) is 0 Å². The molecule has 1 saturated heterocycles. The molecular formula is C22H35NO9. The highest BCUT2D eigenvalue weighted by Crippen LogP contribution is 2.34. The van der Waals surface area contributed by atoms with Gasteiger partial charge in [-0.1, -0.05) is 26.8 Å². The molecular weight excluding hydrogens is 422 g/mol. The molecule has 0 aromatic heterocycles. The number of carbonyl (C=O) groups excluding carboxylic acids is 3. The summed E-state index contributed by atoms with van der Waals surface area (Å²) in [5.74, 6) is -3.13. The summed E-state index contributed by atoms with van der Waals surface area (Å²) in [7, 11) is 1.18. The molecule has 0 saturated carbocycles. The number of methoxy groups -OCH3 is 1. The molecule has 10 heteroatoms. The topological polar surface area (TPSA) is 143 Å². The molecule has 0 amide bonds. The number of rotatable bonds is 10. The van der Waals surface area contributed by atoms with Gasteiger partial charge < -0.3 is 29.5 Å². The molecule has 32 heavy (non-hydrogen) atoms. The van der Waals surface area contributed by atoms with Crippen LogP contribution in [0.2, 0.25) is 0 Å². The van der Waals surface area contributed by atoms with Crippen molar-refractivity contribution in [1.29, 1.82) is 0 Å². The van der Waals surface area contributed by atoms with E-state index >= 15 is 0 Å². The third-order valence-electron chi connectivity index (χ3n) is 6.58. The van der Waals surface area contributed by atoms with Crippen molar-refractivity contribution in [1.82, 2.24) is 4.90 Å². The Morgan fingerprint density at radius 3 is 2.38 bits per heavy atom. The number of hydrogen-bond acceptors (Lipinski definition) is 10. The maximum absolute atomic E-state index is 12.9. The zero-order valence-electron chi connectivity index (χ0n) is 19.4. The molecule has 0 aliphatic carbocycles. The highest BCUT2D eigenvalue weighted by molar-refractivity contribution is 5.86. The van der Waals surface area contributed by atoms with Gasteiger partial charge in [-0.15, -0.1) is 0 Å². The van der Waals surface area contributed by atoms with Gasteiger partial charge in [0.1, 0.15) is 12.7 Å². The number of ether oxygens (including phenoxy) is 3. The van der Waals surface area contributed by atoms with E-state index in [4.69, 9.17) is 9.47 Å². The van der Waals surface area contributed by atoms with E-state index in [0.29, 0.717) is 25.1 Å². The van der Waals surface area contributed by atoms with Gasteiger partial charge >= 0.3 is 17.9 Å². The molecule has 182 valence electrons. The van der Waals surface area contributed by atoms with E-state index in [-0.39, 0.29) is 19.1 Å².